The molecule has 0 bridgehead atoms. The Labute approximate surface area is 167 Å². The molecule has 28 heavy (non-hydrogen) atoms. The molecule has 0 saturated carbocycles. The molecule has 8 nitrogen and oxygen atoms in total. The Morgan fingerprint density at radius 3 is 2.61 bits per heavy atom. The minimum atomic E-state index is -0.316. The number of nitrogens with one attached hydrogen (secondary N) is 1. The van der Waals surface area contributed by atoms with Crippen LogP contribution >= 0.6 is 11.6 Å². The molecule has 1 heterocycles. The van der Waals surface area contributed by atoms with Crippen LogP contribution in [0.4, 0.5) is 10.5 Å². The largest absolute Gasteiger partial charge is 0.497 e. The van der Waals surface area contributed by atoms with E-state index in [9.17, 15) is 4.79 Å². The molecule has 0 aliphatic rings. The number of aromatic nitrogens is 2. The molecule has 0 saturated heterocycles. The zero-order chi connectivity index (χ0) is 20.1. The monoisotopic (exact) mass is 402 g/mol. The summed E-state index contributed by atoms with van der Waals surface area (Å²) in [4.78, 5) is 18.1. The molecule has 0 aliphatic carbocycles. The number of carbonyl (C=O) groups is 1. The van der Waals surface area contributed by atoms with Crippen LogP contribution in [0.25, 0.3) is 11.4 Å². The van der Waals surface area contributed by atoms with E-state index < -0.39 is 0 Å². The Morgan fingerprint density at radius 2 is 1.93 bits per heavy atom. The highest BCUT2D eigenvalue weighted by atomic mass is 35.5. The number of amides is 2. The number of rotatable bonds is 6. The molecule has 1 aromatic heterocycles. The first kappa shape index (κ1) is 19.5. The summed E-state index contributed by atoms with van der Waals surface area (Å²) in [6.07, 6.45) is 0. The van der Waals surface area contributed by atoms with Crippen molar-refractivity contribution in [1.82, 2.24) is 15.0 Å². The van der Waals surface area contributed by atoms with Crippen LogP contribution in [0, 0.1) is 0 Å². The number of urea groups is 1. The molecule has 9 heteroatoms. The lowest BCUT2D eigenvalue weighted by Crippen LogP contribution is -2.30. The zero-order valence-electron chi connectivity index (χ0n) is 15.6. The third-order valence-corrected chi connectivity index (χ3v) is 4.18. The minimum absolute atomic E-state index is 0.144. The fraction of sp³-hybridized carbons (Fsp3) is 0.211. The van der Waals surface area contributed by atoms with Gasteiger partial charge in [-0.15, -0.1) is 0 Å². The highest BCUT2D eigenvalue weighted by molar-refractivity contribution is 6.30. The predicted molar refractivity (Wildman–Crippen MR) is 105 cm³/mol. The van der Waals surface area contributed by atoms with Gasteiger partial charge in [-0.05, 0) is 36.4 Å². The molecular formula is C19H19ClN4O4. The van der Waals surface area contributed by atoms with Crippen molar-refractivity contribution in [1.29, 1.82) is 0 Å². The summed E-state index contributed by atoms with van der Waals surface area (Å²) in [7, 11) is 4.75. The fourth-order valence-electron chi connectivity index (χ4n) is 2.44. The fourth-order valence-corrected chi connectivity index (χ4v) is 2.56. The Morgan fingerprint density at radius 1 is 1.18 bits per heavy atom. The van der Waals surface area contributed by atoms with Crippen molar-refractivity contribution in [3.05, 3.63) is 53.4 Å². The lowest BCUT2D eigenvalue weighted by Gasteiger charge is -2.15. The summed E-state index contributed by atoms with van der Waals surface area (Å²) in [6, 6.07) is 11.8. The first-order chi connectivity index (χ1) is 13.5. The Kier molecular flexibility index (Phi) is 6.00. The van der Waals surface area contributed by atoms with Crippen LogP contribution < -0.4 is 14.8 Å². The summed E-state index contributed by atoms with van der Waals surface area (Å²) in [6.45, 7) is 0.144. The van der Waals surface area contributed by atoms with Crippen LogP contribution in [0.3, 0.4) is 0 Å². The molecule has 3 rings (SSSR count). The van der Waals surface area contributed by atoms with Crippen LogP contribution in [0.2, 0.25) is 5.02 Å². The van der Waals surface area contributed by atoms with Crippen molar-refractivity contribution in [3.63, 3.8) is 0 Å². The average Bonchev–Trinajstić information content (AvgIpc) is 3.17. The second kappa shape index (κ2) is 8.62. The maximum absolute atomic E-state index is 12.3. The standard InChI is InChI=1S/C19H19ClN4O4/c1-24(19(25)21-13-6-4-12(20)5-7-13)11-17-22-18(23-28-17)15-9-8-14(26-2)10-16(15)27-3/h4-10H,11H2,1-3H3,(H,21,25). The van der Waals surface area contributed by atoms with E-state index in [1.165, 1.54) is 4.90 Å². The van der Waals surface area contributed by atoms with Gasteiger partial charge in [0.15, 0.2) is 0 Å². The van der Waals surface area contributed by atoms with Gasteiger partial charge in [0, 0.05) is 23.8 Å². The molecule has 0 unspecified atom stereocenters. The molecular weight excluding hydrogens is 384 g/mol. The molecule has 0 fully saturated rings. The third kappa shape index (κ3) is 4.52. The van der Waals surface area contributed by atoms with Crippen LogP contribution in [0.15, 0.2) is 47.0 Å². The van der Waals surface area contributed by atoms with E-state index in [2.05, 4.69) is 15.5 Å². The van der Waals surface area contributed by atoms with Gasteiger partial charge in [0.2, 0.25) is 11.7 Å². The zero-order valence-corrected chi connectivity index (χ0v) is 16.4. The number of anilines is 1. The molecule has 3 aromatic rings. The number of ether oxygens (including phenoxy) is 2. The molecule has 2 aromatic carbocycles. The van der Waals surface area contributed by atoms with Gasteiger partial charge in [-0.3, -0.25) is 0 Å². The van der Waals surface area contributed by atoms with E-state index in [1.807, 2.05) is 0 Å². The van der Waals surface area contributed by atoms with E-state index >= 15 is 0 Å². The van der Waals surface area contributed by atoms with Gasteiger partial charge in [-0.1, -0.05) is 16.8 Å². The summed E-state index contributed by atoms with van der Waals surface area (Å²) in [5.41, 5.74) is 1.29. The second-order valence-corrected chi connectivity index (χ2v) is 6.31. The number of halogens is 1. The molecule has 0 spiro atoms. The van der Waals surface area contributed by atoms with Gasteiger partial charge in [0.25, 0.3) is 0 Å². The van der Waals surface area contributed by atoms with Crippen molar-refractivity contribution < 1.29 is 18.8 Å². The Balaban J connectivity index is 1.68. The number of nitrogens with zero attached hydrogens (tertiary/aromatic N) is 3. The normalized spacial score (nSPS) is 10.4. The lowest BCUT2D eigenvalue weighted by molar-refractivity contribution is 0.213. The first-order valence-electron chi connectivity index (χ1n) is 8.33. The van der Waals surface area contributed by atoms with Gasteiger partial charge >= 0.3 is 6.03 Å². The minimum Gasteiger partial charge on any atom is -0.497 e. The van der Waals surface area contributed by atoms with Crippen LogP contribution in [0.5, 0.6) is 11.5 Å². The van der Waals surface area contributed by atoms with E-state index in [-0.39, 0.29) is 12.6 Å². The van der Waals surface area contributed by atoms with Crippen LogP contribution in [-0.2, 0) is 6.54 Å². The number of hydrogen-bond acceptors (Lipinski definition) is 6. The van der Waals surface area contributed by atoms with E-state index in [1.54, 1.807) is 63.7 Å². The molecule has 0 aliphatic heterocycles. The second-order valence-electron chi connectivity index (χ2n) is 5.87. The number of hydrogen-bond donors (Lipinski definition) is 1. The molecule has 1 N–H and O–H groups in total. The summed E-state index contributed by atoms with van der Waals surface area (Å²) in [5.74, 6) is 1.87. The first-order valence-corrected chi connectivity index (χ1v) is 8.70. The summed E-state index contributed by atoms with van der Waals surface area (Å²) >= 11 is 5.84. The molecule has 2 amide bonds. The van der Waals surface area contributed by atoms with E-state index in [0.29, 0.717) is 39.5 Å². The van der Waals surface area contributed by atoms with Gasteiger partial charge in [-0.2, -0.15) is 4.98 Å². The smallest absolute Gasteiger partial charge is 0.322 e. The van der Waals surface area contributed by atoms with Crippen molar-refractivity contribution >= 4 is 23.3 Å². The predicted octanol–water partition coefficient (Wildman–Crippen LogP) is 4.07. The van der Waals surface area contributed by atoms with E-state index in [4.69, 9.17) is 25.6 Å². The maximum atomic E-state index is 12.3. The Hall–Kier alpha value is -3.26. The Bertz CT molecular complexity index is 959. The summed E-state index contributed by atoms with van der Waals surface area (Å²) in [5, 5.41) is 7.34. The third-order valence-electron chi connectivity index (χ3n) is 3.93. The van der Waals surface area contributed by atoms with Crippen LogP contribution in [-0.4, -0.2) is 42.3 Å². The molecule has 0 atom stereocenters. The van der Waals surface area contributed by atoms with Gasteiger partial charge in [-0.25, -0.2) is 4.79 Å². The number of methoxy groups -OCH3 is 2. The van der Waals surface area contributed by atoms with Crippen molar-refractivity contribution in [3.8, 4) is 22.9 Å². The quantitative estimate of drug-likeness (QED) is 0.668. The highest BCUT2D eigenvalue weighted by Crippen LogP contribution is 2.31. The van der Waals surface area contributed by atoms with Crippen molar-refractivity contribution in [2.45, 2.75) is 6.54 Å². The van der Waals surface area contributed by atoms with Crippen molar-refractivity contribution in [2.24, 2.45) is 0 Å². The van der Waals surface area contributed by atoms with Gasteiger partial charge < -0.3 is 24.2 Å². The maximum Gasteiger partial charge on any atom is 0.322 e. The number of carbonyl (C=O) groups excluding carboxylic acids is 1. The van der Waals surface area contributed by atoms with Gasteiger partial charge in [0.05, 0.1) is 19.8 Å². The van der Waals surface area contributed by atoms with E-state index in [0.717, 1.165) is 0 Å². The summed E-state index contributed by atoms with van der Waals surface area (Å²) < 4.78 is 15.8. The molecule has 146 valence electrons. The topological polar surface area (TPSA) is 89.7 Å². The SMILES string of the molecule is COc1ccc(-c2noc(CN(C)C(=O)Nc3ccc(Cl)cc3)n2)c(OC)c1. The van der Waals surface area contributed by atoms with Crippen LogP contribution in [0.1, 0.15) is 5.89 Å². The van der Waals surface area contributed by atoms with Gasteiger partial charge in [0.1, 0.15) is 18.0 Å². The van der Waals surface area contributed by atoms with Crippen molar-refractivity contribution in [2.75, 3.05) is 26.6 Å². The molecule has 0 radical (unpaired) electrons. The lowest BCUT2D eigenvalue weighted by atomic mass is 10.2. The highest BCUT2D eigenvalue weighted by Gasteiger charge is 2.17. The average molecular weight is 403 g/mol. The number of benzene rings is 2.